The summed E-state index contributed by atoms with van der Waals surface area (Å²) >= 11 is 0. The van der Waals surface area contributed by atoms with E-state index in [4.69, 9.17) is 0 Å². The molecule has 2 aromatic rings. The van der Waals surface area contributed by atoms with E-state index in [0.717, 1.165) is 32.1 Å². The summed E-state index contributed by atoms with van der Waals surface area (Å²) in [5.74, 6) is 0.0264. The molecule has 2 aromatic carbocycles. The third-order valence-electron chi connectivity index (χ3n) is 5.83. The number of sulfone groups is 1. The molecule has 5 nitrogen and oxygen atoms in total. The Hall–Kier alpha value is -2.34. The second-order valence-electron chi connectivity index (χ2n) is 7.67. The minimum Gasteiger partial charge on any atom is -0.376 e. The highest BCUT2D eigenvalue weighted by atomic mass is 32.2. The molecule has 1 aliphatic carbocycles. The van der Waals surface area contributed by atoms with Gasteiger partial charge in [-0.3, -0.25) is 4.79 Å². The number of hydrogen-bond donors (Lipinski definition) is 1. The van der Waals surface area contributed by atoms with E-state index < -0.39 is 9.84 Å². The lowest BCUT2D eigenvalue weighted by Crippen LogP contribution is -2.39. The number of nitrogens with one attached hydrogen (secondary N) is 1. The minimum atomic E-state index is -3.29. The predicted molar refractivity (Wildman–Crippen MR) is 110 cm³/mol. The molecule has 0 aromatic heterocycles. The first-order chi connectivity index (χ1) is 13.5. The van der Waals surface area contributed by atoms with Gasteiger partial charge >= 0.3 is 0 Å². The van der Waals surface area contributed by atoms with Crippen LogP contribution in [-0.2, 0) is 27.6 Å². The second-order valence-corrected chi connectivity index (χ2v) is 9.89. The van der Waals surface area contributed by atoms with E-state index >= 15 is 0 Å². The lowest BCUT2D eigenvalue weighted by Gasteiger charge is -2.29. The van der Waals surface area contributed by atoms with Crippen LogP contribution in [0.25, 0.3) is 0 Å². The van der Waals surface area contributed by atoms with Gasteiger partial charge in [0.15, 0.2) is 9.84 Å². The van der Waals surface area contributed by atoms with E-state index in [9.17, 15) is 13.2 Å². The molecular formula is C22H26N2O3S. The van der Waals surface area contributed by atoms with E-state index in [1.807, 2.05) is 23.1 Å². The molecule has 148 valence electrons. The zero-order valence-electron chi connectivity index (χ0n) is 15.9. The first-order valence-corrected chi connectivity index (χ1v) is 11.5. The van der Waals surface area contributed by atoms with Crippen molar-refractivity contribution in [2.75, 3.05) is 18.4 Å². The summed E-state index contributed by atoms with van der Waals surface area (Å²) in [6.07, 6.45) is 4.32. The highest BCUT2D eigenvalue weighted by Gasteiger charge is 2.30. The molecule has 1 heterocycles. The molecule has 1 saturated carbocycles. The smallest absolute Gasteiger partial charge is 0.242 e. The standard InChI is InChI=1S/C22H26N2O3S/c25-22(24-13-12-17-6-1-2-7-18(17)16-24)15-23-19-8-5-11-21(14-19)28(26,27)20-9-3-4-10-20/h1-2,5-8,11,14,20,23H,3-4,9-10,12-13,15-16H2. The number of carbonyl (C=O) groups excluding carboxylic acids is 1. The van der Waals surface area contributed by atoms with Crippen LogP contribution >= 0.6 is 0 Å². The average molecular weight is 399 g/mol. The molecule has 1 aliphatic heterocycles. The summed E-state index contributed by atoms with van der Waals surface area (Å²) in [6, 6.07) is 15.1. The Balaban J connectivity index is 1.39. The SMILES string of the molecule is O=C(CNc1cccc(S(=O)(=O)C2CCCC2)c1)N1CCc2ccccc2C1. The number of benzene rings is 2. The molecule has 1 N–H and O–H groups in total. The van der Waals surface area contributed by atoms with Gasteiger partial charge in [-0.25, -0.2) is 8.42 Å². The lowest BCUT2D eigenvalue weighted by molar-refractivity contribution is -0.130. The number of carbonyl (C=O) groups is 1. The van der Waals surface area contributed by atoms with Crippen molar-refractivity contribution < 1.29 is 13.2 Å². The lowest BCUT2D eigenvalue weighted by atomic mass is 10.00. The summed E-state index contributed by atoms with van der Waals surface area (Å²) in [6.45, 7) is 1.51. The van der Waals surface area contributed by atoms with Gasteiger partial charge in [-0.15, -0.1) is 0 Å². The van der Waals surface area contributed by atoms with Crippen molar-refractivity contribution in [3.8, 4) is 0 Å². The molecule has 2 aliphatic rings. The Morgan fingerprint density at radius 1 is 1.04 bits per heavy atom. The van der Waals surface area contributed by atoms with E-state index in [1.54, 1.807) is 18.2 Å². The Morgan fingerprint density at radius 2 is 1.79 bits per heavy atom. The highest BCUT2D eigenvalue weighted by molar-refractivity contribution is 7.92. The van der Waals surface area contributed by atoms with Crippen molar-refractivity contribution >= 4 is 21.4 Å². The molecule has 0 spiro atoms. The van der Waals surface area contributed by atoms with Crippen molar-refractivity contribution in [1.29, 1.82) is 0 Å². The number of amides is 1. The van der Waals surface area contributed by atoms with Gasteiger partial charge in [0.1, 0.15) is 0 Å². The van der Waals surface area contributed by atoms with Crippen LogP contribution in [0.2, 0.25) is 0 Å². The second kappa shape index (κ2) is 7.95. The number of hydrogen-bond acceptors (Lipinski definition) is 4. The molecule has 1 amide bonds. The molecular weight excluding hydrogens is 372 g/mol. The summed E-state index contributed by atoms with van der Waals surface area (Å²) in [7, 11) is -3.29. The molecule has 0 unspecified atom stereocenters. The maximum Gasteiger partial charge on any atom is 0.242 e. The largest absolute Gasteiger partial charge is 0.376 e. The topological polar surface area (TPSA) is 66.5 Å². The van der Waals surface area contributed by atoms with Crippen LogP contribution < -0.4 is 5.32 Å². The van der Waals surface area contributed by atoms with Crippen LogP contribution in [0, 0.1) is 0 Å². The monoisotopic (exact) mass is 398 g/mol. The molecule has 0 radical (unpaired) electrons. The van der Waals surface area contributed by atoms with E-state index in [2.05, 4.69) is 17.4 Å². The van der Waals surface area contributed by atoms with Gasteiger partial charge in [-0.1, -0.05) is 43.2 Å². The van der Waals surface area contributed by atoms with Crippen molar-refractivity contribution in [2.24, 2.45) is 0 Å². The van der Waals surface area contributed by atoms with Crippen LogP contribution in [0.1, 0.15) is 36.8 Å². The number of rotatable bonds is 5. The zero-order valence-corrected chi connectivity index (χ0v) is 16.7. The first-order valence-electron chi connectivity index (χ1n) is 9.96. The Labute approximate surface area is 166 Å². The minimum absolute atomic E-state index is 0.0264. The quantitative estimate of drug-likeness (QED) is 0.838. The molecule has 1 fully saturated rings. The molecule has 6 heteroatoms. The summed E-state index contributed by atoms with van der Waals surface area (Å²) in [4.78, 5) is 14.8. The summed E-state index contributed by atoms with van der Waals surface area (Å²) in [5, 5.41) is 2.85. The van der Waals surface area contributed by atoms with E-state index in [0.29, 0.717) is 23.7 Å². The van der Waals surface area contributed by atoms with Gasteiger partial charge in [0, 0.05) is 18.8 Å². The number of anilines is 1. The van der Waals surface area contributed by atoms with Gasteiger partial charge < -0.3 is 10.2 Å². The maximum absolute atomic E-state index is 12.8. The number of fused-ring (bicyclic) bond motifs is 1. The first kappa shape index (κ1) is 19.0. The van der Waals surface area contributed by atoms with Gasteiger partial charge in [0.2, 0.25) is 5.91 Å². The van der Waals surface area contributed by atoms with E-state index in [1.165, 1.54) is 11.1 Å². The molecule has 0 saturated heterocycles. The van der Waals surface area contributed by atoms with Crippen molar-refractivity contribution in [1.82, 2.24) is 4.90 Å². The molecule has 0 atom stereocenters. The third kappa shape index (κ3) is 3.92. The normalized spacial score (nSPS) is 17.4. The highest BCUT2D eigenvalue weighted by Crippen LogP contribution is 2.30. The fourth-order valence-electron chi connectivity index (χ4n) is 4.17. The van der Waals surface area contributed by atoms with Crippen molar-refractivity contribution in [3.05, 3.63) is 59.7 Å². The van der Waals surface area contributed by atoms with Gasteiger partial charge in [0.25, 0.3) is 0 Å². The predicted octanol–water partition coefficient (Wildman–Crippen LogP) is 3.40. The fraction of sp³-hybridized carbons (Fsp3) is 0.409. The molecule has 4 rings (SSSR count). The average Bonchev–Trinajstić information content (AvgIpc) is 3.28. The molecule has 0 bridgehead atoms. The summed E-state index contributed by atoms with van der Waals surface area (Å²) in [5.41, 5.74) is 3.18. The van der Waals surface area contributed by atoms with Crippen LogP contribution in [0.5, 0.6) is 0 Å². The number of nitrogens with zero attached hydrogens (tertiary/aromatic N) is 1. The Bertz CT molecular complexity index is 965. The van der Waals surface area contributed by atoms with Crippen LogP contribution in [0.3, 0.4) is 0 Å². The van der Waals surface area contributed by atoms with Gasteiger partial charge in [-0.2, -0.15) is 0 Å². The fourth-order valence-corrected chi connectivity index (χ4v) is 6.07. The Morgan fingerprint density at radius 3 is 2.57 bits per heavy atom. The molecule has 28 heavy (non-hydrogen) atoms. The third-order valence-corrected chi connectivity index (χ3v) is 8.09. The van der Waals surface area contributed by atoms with Crippen molar-refractivity contribution in [3.63, 3.8) is 0 Å². The van der Waals surface area contributed by atoms with Crippen LogP contribution in [0.4, 0.5) is 5.69 Å². The zero-order chi connectivity index (χ0) is 19.6. The van der Waals surface area contributed by atoms with Crippen molar-refractivity contribution in [2.45, 2.75) is 48.8 Å². The van der Waals surface area contributed by atoms with Crippen LogP contribution in [-0.4, -0.2) is 37.6 Å². The van der Waals surface area contributed by atoms with Gasteiger partial charge in [0.05, 0.1) is 16.7 Å². The van der Waals surface area contributed by atoms with E-state index in [-0.39, 0.29) is 17.7 Å². The maximum atomic E-state index is 12.8. The summed E-state index contributed by atoms with van der Waals surface area (Å²) < 4.78 is 25.6. The van der Waals surface area contributed by atoms with Crippen LogP contribution in [0.15, 0.2) is 53.4 Å². The Kier molecular flexibility index (Phi) is 5.40. The van der Waals surface area contributed by atoms with Gasteiger partial charge in [-0.05, 0) is 48.6 Å².